The lowest BCUT2D eigenvalue weighted by Crippen LogP contribution is -2.52. The van der Waals surface area contributed by atoms with Crippen LogP contribution in [0, 0.1) is 5.82 Å². The summed E-state index contributed by atoms with van der Waals surface area (Å²) in [5, 5.41) is 3.00. The molecule has 10 heteroatoms. The van der Waals surface area contributed by atoms with Crippen LogP contribution in [0.2, 0.25) is 0 Å². The summed E-state index contributed by atoms with van der Waals surface area (Å²) in [6.45, 7) is 3.06. The Bertz CT molecular complexity index is 1430. The Hall–Kier alpha value is -3.92. The van der Waals surface area contributed by atoms with Crippen molar-refractivity contribution in [3.63, 3.8) is 0 Å². The lowest BCUT2D eigenvalue weighted by molar-refractivity contribution is -0.139. The lowest BCUT2D eigenvalue weighted by atomic mass is 10.1. The second-order valence-corrected chi connectivity index (χ2v) is 11.9. The van der Waals surface area contributed by atoms with Crippen LogP contribution in [-0.2, 0) is 26.2 Å². The molecule has 4 rings (SSSR count). The highest BCUT2D eigenvalue weighted by Crippen LogP contribution is 2.27. The van der Waals surface area contributed by atoms with Gasteiger partial charge in [0.1, 0.15) is 24.2 Å². The van der Waals surface area contributed by atoms with Crippen LogP contribution in [0.5, 0.6) is 5.75 Å². The minimum absolute atomic E-state index is 0.00867. The van der Waals surface area contributed by atoms with E-state index in [1.165, 1.54) is 23.1 Å². The largest absolute Gasteiger partial charge is 0.494 e. The molecule has 1 fully saturated rings. The number of ether oxygens (including phenoxy) is 1. The molecule has 41 heavy (non-hydrogen) atoms. The number of nitrogens with zero attached hydrogens (tertiary/aromatic N) is 2. The molecule has 3 aromatic carbocycles. The number of carbonyl (C=O) groups is 2. The van der Waals surface area contributed by atoms with E-state index in [-0.39, 0.29) is 34.6 Å². The summed E-state index contributed by atoms with van der Waals surface area (Å²) in [5.74, 6) is -0.970. The second-order valence-electron chi connectivity index (χ2n) is 10.0. The van der Waals surface area contributed by atoms with E-state index in [1.807, 2.05) is 6.92 Å². The minimum atomic E-state index is -4.18. The Morgan fingerprint density at radius 3 is 2.24 bits per heavy atom. The average molecular weight is 582 g/mol. The van der Waals surface area contributed by atoms with Crippen molar-refractivity contribution in [2.75, 3.05) is 17.5 Å². The molecular formula is C31H36FN3O5S. The molecule has 0 bridgehead atoms. The van der Waals surface area contributed by atoms with Crippen molar-refractivity contribution < 1.29 is 27.1 Å². The molecule has 0 aromatic heterocycles. The summed E-state index contributed by atoms with van der Waals surface area (Å²) >= 11 is 0. The molecule has 0 spiro atoms. The zero-order valence-corrected chi connectivity index (χ0v) is 24.1. The number of anilines is 1. The van der Waals surface area contributed by atoms with Gasteiger partial charge in [0.15, 0.2) is 0 Å². The summed E-state index contributed by atoms with van der Waals surface area (Å²) in [7, 11) is -4.18. The maximum Gasteiger partial charge on any atom is 0.264 e. The van der Waals surface area contributed by atoms with Gasteiger partial charge in [0.25, 0.3) is 10.0 Å². The van der Waals surface area contributed by atoms with Crippen molar-refractivity contribution in [2.45, 2.75) is 63.1 Å². The normalized spacial score (nSPS) is 14.3. The first kappa shape index (κ1) is 30.0. The molecule has 1 saturated carbocycles. The number of hydrogen-bond acceptors (Lipinski definition) is 5. The number of hydrogen-bond donors (Lipinski definition) is 1. The highest BCUT2D eigenvalue weighted by molar-refractivity contribution is 7.92. The minimum Gasteiger partial charge on any atom is -0.494 e. The van der Waals surface area contributed by atoms with Crippen LogP contribution in [0.15, 0.2) is 83.8 Å². The summed E-state index contributed by atoms with van der Waals surface area (Å²) in [6, 6.07) is 19.3. The number of rotatable bonds is 12. The molecule has 3 aromatic rings. The smallest absolute Gasteiger partial charge is 0.264 e. The van der Waals surface area contributed by atoms with Crippen LogP contribution in [0.1, 0.15) is 45.1 Å². The molecule has 1 N–H and O–H groups in total. The highest BCUT2D eigenvalue weighted by atomic mass is 32.2. The highest BCUT2D eigenvalue weighted by Gasteiger charge is 2.33. The number of halogens is 1. The van der Waals surface area contributed by atoms with Gasteiger partial charge in [0.2, 0.25) is 11.8 Å². The fraction of sp³-hybridized carbons (Fsp3) is 0.355. The molecule has 0 radical (unpaired) electrons. The van der Waals surface area contributed by atoms with Crippen molar-refractivity contribution in [2.24, 2.45) is 0 Å². The van der Waals surface area contributed by atoms with Gasteiger partial charge in [-0.3, -0.25) is 13.9 Å². The van der Waals surface area contributed by atoms with E-state index < -0.39 is 34.3 Å². The van der Waals surface area contributed by atoms with Gasteiger partial charge in [0.05, 0.1) is 17.2 Å². The predicted molar refractivity (Wildman–Crippen MR) is 155 cm³/mol. The van der Waals surface area contributed by atoms with E-state index in [2.05, 4.69) is 5.32 Å². The lowest BCUT2D eigenvalue weighted by Gasteiger charge is -2.32. The van der Waals surface area contributed by atoms with Gasteiger partial charge in [-0.25, -0.2) is 12.8 Å². The maximum atomic E-state index is 14.7. The van der Waals surface area contributed by atoms with Gasteiger partial charge in [0, 0.05) is 18.2 Å². The molecular weight excluding hydrogens is 545 g/mol. The van der Waals surface area contributed by atoms with Crippen molar-refractivity contribution in [3.05, 3.63) is 90.2 Å². The van der Waals surface area contributed by atoms with Gasteiger partial charge in [-0.05, 0) is 69.2 Å². The van der Waals surface area contributed by atoms with Crippen LogP contribution in [0.3, 0.4) is 0 Å². The topological polar surface area (TPSA) is 96.0 Å². The first-order valence-corrected chi connectivity index (χ1v) is 15.3. The van der Waals surface area contributed by atoms with E-state index in [4.69, 9.17) is 4.74 Å². The fourth-order valence-electron chi connectivity index (χ4n) is 4.91. The molecule has 0 saturated heterocycles. The molecule has 0 heterocycles. The fourth-order valence-corrected chi connectivity index (χ4v) is 6.34. The molecule has 8 nitrogen and oxygen atoms in total. The van der Waals surface area contributed by atoms with Gasteiger partial charge in [-0.1, -0.05) is 49.2 Å². The monoisotopic (exact) mass is 581 g/mol. The van der Waals surface area contributed by atoms with Gasteiger partial charge in [-0.2, -0.15) is 0 Å². The van der Waals surface area contributed by atoms with E-state index in [0.717, 1.165) is 30.0 Å². The van der Waals surface area contributed by atoms with Gasteiger partial charge >= 0.3 is 0 Å². The summed E-state index contributed by atoms with van der Waals surface area (Å²) in [5.41, 5.74) is 0.472. The van der Waals surface area contributed by atoms with E-state index in [9.17, 15) is 22.4 Å². The molecule has 1 aliphatic carbocycles. The van der Waals surface area contributed by atoms with E-state index in [0.29, 0.717) is 12.4 Å². The second kappa shape index (κ2) is 13.6. The SMILES string of the molecule is CCOc1ccc(N(CC(=O)N(Cc2ccccc2F)[C@H](C)C(=O)NC2CCCC2)S(=O)(=O)c2ccccc2)cc1. The van der Waals surface area contributed by atoms with Crippen LogP contribution in [0.25, 0.3) is 0 Å². The van der Waals surface area contributed by atoms with Gasteiger partial charge in [-0.15, -0.1) is 0 Å². The molecule has 1 atom stereocenters. The summed E-state index contributed by atoms with van der Waals surface area (Å²) in [4.78, 5) is 28.5. The summed E-state index contributed by atoms with van der Waals surface area (Å²) < 4.78 is 48.9. The third-order valence-corrected chi connectivity index (χ3v) is 9.00. The van der Waals surface area contributed by atoms with Crippen LogP contribution >= 0.6 is 0 Å². The predicted octanol–water partition coefficient (Wildman–Crippen LogP) is 4.90. The number of nitrogens with one attached hydrogen (secondary N) is 1. The van der Waals surface area contributed by atoms with Crippen molar-refractivity contribution in [3.8, 4) is 5.75 Å². The van der Waals surface area contributed by atoms with Crippen LogP contribution < -0.4 is 14.4 Å². The Labute approximate surface area is 241 Å². The molecule has 218 valence electrons. The Balaban J connectivity index is 1.68. The number of sulfonamides is 1. The summed E-state index contributed by atoms with van der Waals surface area (Å²) in [6.07, 6.45) is 3.76. The quantitative estimate of drug-likeness (QED) is 0.329. The van der Waals surface area contributed by atoms with Gasteiger partial charge < -0.3 is 15.0 Å². The first-order valence-electron chi connectivity index (χ1n) is 13.8. The van der Waals surface area contributed by atoms with Crippen molar-refractivity contribution in [1.82, 2.24) is 10.2 Å². The molecule has 2 amide bonds. The Morgan fingerprint density at radius 1 is 0.976 bits per heavy atom. The molecule has 0 unspecified atom stereocenters. The molecule has 0 aliphatic heterocycles. The number of benzene rings is 3. The Kier molecular flexibility index (Phi) is 9.99. The van der Waals surface area contributed by atoms with E-state index in [1.54, 1.807) is 67.6 Å². The van der Waals surface area contributed by atoms with Crippen LogP contribution in [-0.4, -0.2) is 50.4 Å². The zero-order valence-electron chi connectivity index (χ0n) is 23.3. The average Bonchev–Trinajstić information content (AvgIpc) is 3.49. The maximum absolute atomic E-state index is 14.7. The van der Waals surface area contributed by atoms with Crippen molar-refractivity contribution in [1.29, 1.82) is 0 Å². The number of carbonyl (C=O) groups excluding carboxylic acids is 2. The molecule has 1 aliphatic rings. The van der Waals surface area contributed by atoms with Crippen molar-refractivity contribution >= 4 is 27.5 Å². The first-order chi connectivity index (χ1) is 19.7. The standard InChI is InChI=1S/C31H36FN3O5S/c1-3-40-27-19-17-26(18-20-27)35(41(38,39)28-14-5-4-6-15-28)22-30(36)34(21-24-11-7-10-16-29(24)32)23(2)31(37)33-25-12-8-9-13-25/h4-7,10-11,14-20,23,25H,3,8-9,12-13,21-22H2,1-2H3,(H,33,37)/t23-/m1/s1. The van der Waals surface area contributed by atoms with Crippen LogP contribution in [0.4, 0.5) is 10.1 Å². The van der Waals surface area contributed by atoms with E-state index >= 15 is 0 Å². The number of amides is 2. The zero-order chi connectivity index (χ0) is 29.4. The third-order valence-electron chi connectivity index (χ3n) is 7.21. The third kappa shape index (κ3) is 7.43. The Morgan fingerprint density at radius 2 is 1.61 bits per heavy atom.